The van der Waals surface area contributed by atoms with Crippen LogP contribution in [-0.4, -0.2) is 57.1 Å². The van der Waals surface area contributed by atoms with E-state index < -0.39 is 32.6 Å². The van der Waals surface area contributed by atoms with Crippen LogP contribution in [0.1, 0.15) is 11.7 Å². The Labute approximate surface area is 168 Å². The van der Waals surface area contributed by atoms with E-state index in [1.54, 1.807) is 19.0 Å². The van der Waals surface area contributed by atoms with Gasteiger partial charge in [-0.2, -0.15) is 0 Å². The van der Waals surface area contributed by atoms with Crippen molar-refractivity contribution in [2.24, 2.45) is 0 Å². The molecule has 0 aliphatic rings. The highest BCUT2D eigenvalue weighted by atomic mass is 32.2. The molecular weight excluding hydrogens is 403 g/mol. The summed E-state index contributed by atoms with van der Waals surface area (Å²) in [6, 6.07) is 8.70. The van der Waals surface area contributed by atoms with Crippen molar-refractivity contribution in [3.8, 4) is 0 Å². The van der Waals surface area contributed by atoms with E-state index in [1.807, 2.05) is 0 Å². The van der Waals surface area contributed by atoms with Crippen LogP contribution in [0.4, 0.5) is 15.8 Å². The smallest absolute Gasteiger partial charge is 0.293 e. The minimum absolute atomic E-state index is 0.0587. The number of likely N-dealkylation sites (N-methyl/N-ethyl adjacent to an activating group) is 1. The van der Waals surface area contributed by atoms with Crippen LogP contribution in [-0.2, 0) is 10.0 Å². The molecule has 0 saturated heterocycles. The first-order chi connectivity index (χ1) is 13.6. The van der Waals surface area contributed by atoms with Crippen molar-refractivity contribution < 1.29 is 22.8 Å². The zero-order chi connectivity index (χ0) is 21.6. The fourth-order valence-corrected chi connectivity index (χ4v) is 3.52. The summed E-state index contributed by atoms with van der Waals surface area (Å²) in [4.78, 5) is 12.3. The molecule has 2 aromatic carbocycles. The minimum atomic E-state index is -3.90. The summed E-state index contributed by atoms with van der Waals surface area (Å²) in [6.45, 7) is 0.550. The second kappa shape index (κ2) is 9.74. The summed E-state index contributed by atoms with van der Waals surface area (Å²) in [5.41, 5.74) is 0.0565. The molecule has 0 spiro atoms. The minimum Gasteiger partial charge on any atom is -0.387 e. The van der Waals surface area contributed by atoms with E-state index >= 15 is 0 Å². The van der Waals surface area contributed by atoms with E-state index in [4.69, 9.17) is 0 Å². The molecule has 1 atom stereocenters. The molecule has 3 N–H and O–H groups in total. The van der Waals surface area contributed by atoms with E-state index in [2.05, 4.69) is 10.0 Å². The normalized spacial score (nSPS) is 12.7. The molecule has 0 aliphatic carbocycles. The lowest BCUT2D eigenvalue weighted by atomic mass is 10.1. The van der Waals surface area contributed by atoms with Gasteiger partial charge in [-0.25, -0.2) is 17.5 Å². The third-order valence-electron chi connectivity index (χ3n) is 4.07. The Hall–Kier alpha value is -2.60. The molecule has 0 fully saturated rings. The van der Waals surface area contributed by atoms with E-state index in [0.717, 1.165) is 6.07 Å². The number of aliphatic hydroxyl groups excluding tert-OH is 1. The predicted octanol–water partition coefficient (Wildman–Crippen LogP) is 1.72. The molecule has 158 valence electrons. The molecule has 9 nitrogen and oxygen atoms in total. The molecular formula is C18H23FN4O5S. The third kappa shape index (κ3) is 6.46. The number of anilines is 1. The van der Waals surface area contributed by atoms with Crippen LogP contribution in [0.2, 0.25) is 0 Å². The number of halogens is 1. The third-order valence-corrected chi connectivity index (χ3v) is 5.53. The summed E-state index contributed by atoms with van der Waals surface area (Å²) in [6.07, 6.45) is -1.04. The van der Waals surface area contributed by atoms with E-state index in [9.17, 15) is 28.0 Å². The summed E-state index contributed by atoms with van der Waals surface area (Å²) in [5.74, 6) is -0.444. The van der Waals surface area contributed by atoms with Crippen LogP contribution in [0, 0.1) is 15.9 Å². The zero-order valence-corrected chi connectivity index (χ0v) is 16.8. The largest absolute Gasteiger partial charge is 0.387 e. The Balaban J connectivity index is 2.15. The number of rotatable bonds is 10. The maximum absolute atomic E-state index is 13.0. The number of nitrogens with one attached hydrogen (secondary N) is 2. The number of hydrogen-bond acceptors (Lipinski definition) is 7. The first-order valence-corrected chi connectivity index (χ1v) is 10.2. The van der Waals surface area contributed by atoms with Gasteiger partial charge in [-0.15, -0.1) is 0 Å². The van der Waals surface area contributed by atoms with Gasteiger partial charge in [0.1, 0.15) is 11.5 Å². The SMILES string of the molecule is CN(C)CCNS(=O)(=O)c1ccc(NCC(O)c2ccc(F)cc2)c([N+](=O)[O-])c1. The number of nitro groups is 1. The zero-order valence-electron chi connectivity index (χ0n) is 16.0. The van der Waals surface area contributed by atoms with Crippen molar-refractivity contribution in [3.63, 3.8) is 0 Å². The maximum Gasteiger partial charge on any atom is 0.293 e. The number of nitrogens with zero attached hydrogens (tertiary/aromatic N) is 2. The van der Waals surface area contributed by atoms with Crippen LogP contribution in [0.25, 0.3) is 0 Å². The van der Waals surface area contributed by atoms with E-state index in [-0.39, 0.29) is 23.7 Å². The lowest BCUT2D eigenvalue weighted by molar-refractivity contribution is -0.384. The highest BCUT2D eigenvalue weighted by Gasteiger charge is 2.22. The Morgan fingerprint density at radius 1 is 1.21 bits per heavy atom. The van der Waals surface area contributed by atoms with E-state index in [0.29, 0.717) is 12.1 Å². The Kier molecular flexibility index (Phi) is 7.62. The molecule has 2 aromatic rings. The fraction of sp³-hybridized carbons (Fsp3) is 0.333. The molecule has 2 rings (SSSR count). The van der Waals surface area contributed by atoms with Crippen molar-refractivity contribution >= 4 is 21.4 Å². The van der Waals surface area contributed by atoms with Gasteiger partial charge in [0.25, 0.3) is 5.69 Å². The molecule has 0 aliphatic heterocycles. The maximum atomic E-state index is 13.0. The molecule has 0 aromatic heterocycles. The van der Waals surface area contributed by atoms with Gasteiger partial charge in [0.05, 0.1) is 15.9 Å². The molecule has 11 heteroatoms. The summed E-state index contributed by atoms with van der Waals surface area (Å²) in [5, 5.41) is 24.3. The Morgan fingerprint density at radius 2 is 1.86 bits per heavy atom. The van der Waals surface area contributed by atoms with Crippen molar-refractivity contribution in [1.29, 1.82) is 0 Å². The lowest BCUT2D eigenvalue weighted by Gasteiger charge is -2.14. The van der Waals surface area contributed by atoms with E-state index in [1.165, 1.54) is 36.4 Å². The van der Waals surface area contributed by atoms with Gasteiger partial charge < -0.3 is 15.3 Å². The Morgan fingerprint density at radius 3 is 2.45 bits per heavy atom. The van der Waals surface area contributed by atoms with Crippen LogP contribution >= 0.6 is 0 Å². The quantitative estimate of drug-likeness (QED) is 0.390. The standard InChI is InChI=1S/C18H23FN4O5S/c1-22(2)10-9-21-29(27,28)15-7-8-16(17(11-15)23(25)26)20-12-18(24)13-3-5-14(19)6-4-13/h3-8,11,18,20-21,24H,9-10,12H2,1-2H3. The van der Waals surface area contributed by atoms with Gasteiger partial charge in [0.2, 0.25) is 10.0 Å². The van der Waals surface area contributed by atoms with Crippen molar-refractivity contribution in [3.05, 3.63) is 64.0 Å². The fourth-order valence-electron chi connectivity index (χ4n) is 2.48. The highest BCUT2D eigenvalue weighted by Crippen LogP contribution is 2.28. The second-order valence-electron chi connectivity index (χ2n) is 6.59. The predicted molar refractivity (Wildman–Crippen MR) is 107 cm³/mol. The van der Waals surface area contributed by atoms with Gasteiger partial charge >= 0.3 is 0 Å². The van der Waals surface area contributed by atoms with Gasteiger partial charge in [-0.3, -0.25) is 10.1 Å². The summed E-state index contributed by atoms with van der Waals surface area (Å²) in [7, 11) is -0.318. The Bertz CT molecular complexity index is 951. The average molecular weight is 426 g/mol. The summed E-state index contributed by atoms with van der Waals surface area (Å²) >= 11 is 0. The number of sulfonamides is 1. The molecule has 0 heterocycles. The average Bonchev–Trinajstić information content (AvgIpc) is 2.66. The van der Waals surface area contributed by atoms with Crippen LogP contribution in [0.15, 0.2) is 47.4 Å². The number of aliphatic hydroxyl groups is 1. The van der Waals surface area contributed by atoms with Gasteiger partial charge in [-0.05, 0) is 43.9 Å². The number of benzene rings is 2. The number of nitro benzene ring substituents is 1. The van der Waals surface area contributed by atoms with Crippen molar-refractivity contribution in [1.82, 2.24) is 9.62 Å². The molecule has 0 bridgehead atoms. The van der Waals surface area contributed by atoms with Gasteiger partial charge in [-0.1, -0.05) is 12.1 Å². The van der Waals surface area contributed by atoms with Crippen molar-refractivity contribution in [2.45, 2.75) is 11.0 Å². The molecule has 0 radical (unpaired) electrons. The number of hydrogen-bond donors (Lipinski definition) is 3. The first kappa shape index (κ1) is 22.7. The molecule has 0 saturated carbocycles. The van der Waals surface area contributed by atoms with Crippen molar-refractivity contribution in [2.75, 3.05) is 39.0 Å². The summed E-state index contributed by atoms with van der Waals surface area (Å²) < 4.78 is 40.0. The highest BCUT2D eigenvalue weighted by molar-refractivity contribution is 7.89. The molecule has 0 amide bonds. The first-order valence-electron chi connectivity index (χ1n) is 8.70. The van der Waals surface area contributed by atoms with Gasteiger partial charge in [0.15, 0.2) is 0 Å². The topological polar surface area (TPSA) is 125 Å². The second-order valence-corrected chi connectivity index (χ2v) is 8.35. The van der Waals surface area contributed by atoms with Crippen LogP contribution in [0.5, 0.6) is 0 Å². The molecule has 29 heavy (non-hydrogen) atoms. The van der Waals surface area contributed by atoms with Gasteiger partial charge in [0, 0.05) is 25.7 Å². The van der Waals surface area contributed by atoms with Crippen LogP contribution < -0.4 is 10.0 Å². The monoisotopic (exact) mass is 426 g/mol. The molecule has 1 unspecified atom stereocenters. The van der Waals surface area contributed by atoms with Crippen LogP contribution in [0.3, 0.4) is 0 Å². The lowest BCUT2D eigenvalue weighted by Crippen LogP contribution is -2.31.